The largest absolute Gasteiger partial charge is 0.455 e. The van der Waals surface area contributed by atoms with Gasteiger partial charge in [-0.05, 0) is 123 Å². The Balaban J connectivity index is 0.919. The summed E-state index contributed by atoms with van der Waals surface area (Å²) in [4.78, 5) is 2.33. The van der Waals surface area contributed by atoms with Gasteiger partial charge >= 0.3 is 0 Å². The Morgan fingerprint density at radius 2 is 1.16 bits per heavy atom. The summed E-state index contributed by atoms with van der Waals surface area (Å²) in [6.45, 7) is 0. The Hall–Kier alpha value is -9.10. The topological polar surface area (TPSA) is 21.3 Å². The van der Waals surface area contributed by atoms with Crippen LogP contribution in [0.1, 0.15) is 17.7 Å². The van der Waals surface area contributed by atoms with Gasteiger partial charge in [0.25, 0.3) is 0 Å². The molecule has 1 aliphatic carbocycles. The fraction of sp³-hybridized carbons (Fsp3) is 0.0303. The number of furan rings is 1. The van der Waals surface area contributed by atoms with Crippen LogP contribution in [0.25, 0.3) is 110 Å². The Labute approximate surface area is 400 Å². The van der Waals surface area contributed by atoms with Crippen molar-refractivity contribution < 1.29 is 4.42 Å². The van der Waals surface area contributed by atoms with Gasteiger partial charge < -0.3 is 13.9 Å². The molecular weight excluding hydrogens is 837 g/mol. The number of hydrogen-bond donors (Lipinski definition) is 0. The molecule has 2 aromatic heterocycles. The second-order valence-corrected chi connectivity index (χ2v) is 18.1. The minimum Gasteiger partial charge on any atom is -0.455 e. The average molecular weight is 879 g/mol. The summed E-state index contributed by atoms with van der Waals surface area (Å²) in [6.07, 6.45) is 6.62. The van der Waals surface area contributed by atoms with Crippen molar-refractivity contribution in [2.75, 3.05) is 4.90 Å². The molecule has 0 aliphatic heterocycles. The van der Waals surface area contributed by atoms with Crippen LogP contribution in [0.5, 0.6) is 0 Å². The molecule has 2 heterocycles. The summed E-state index contributed by atoms with van der Waals surface area (Å²) >= 11 is 0. The van der Waals surface area contributed by atoms with Crippen LogP contribution in [-0.2, 0) is 6.42 Å². The number of rotatable bonds is 7. The van der Waals surface area contributed by atoms with Crippen molar-refractivity contribution in [3.63, 3.8) is 0 Å². The van der Waals surface area contributed by atoms with Crippen LogP contribution >= 0.6 is 0 Å². The second-order valence-electron chi connectivity index (χ2n) is 18.1. The van der Waals surface area contributed by atoms with Gasteiger partial charge in [-0.15, -0.1) is 0 Å². The van der Waals surface area contributed by atoms with Crippen LogP contribution in [0.4, 0.5) is 17.1 Å². The third-order valence-corrected chi connectivity index (χ3v) is 14.3. The predicted octanol–water partition coefficient (Wildman–Crippen LogP) is 18.0. The number of benzene rings is 10. The van der Waals surface area contributed by atoms with Crippen molar-refractivity contribution in [2.24, 2.45) is 0 Å². The lowest BCUT2D eigenvalue weighted by Gasteiger charge is -2.27. The standard InChI is InChI=1S/C66H42N2O/c1-3-16-51-44(14-1)28-29-48-42-47(35-40-52(48)51)43-30-36-49(37-31-43)67(61-24-10-8-21-57(61)58-22-13-27-64-65(58)59-41-34-45-15-2-4-18-54(45)66(59)69-64)50-38-32-46(33-39-50)53-17-5-9-23-60(53)68-62-25-11-6-19-55(62)56-20-7-12-26-63(56)68/h1-11,13-25,27-32,34-38,40-42H,12,26H2. The molecule has 1 aliphatic rings. The number of para-hydroxylation sites is 3. The summed E-state index contributed by atoms with van der Waals surface area (Å²) in [5.74, 6) is 0. The smallest absolute Gasteiger partial charge is 0.143 e. The summed E-state index contributed by atoms with van der Waals surface area (Å²) in [7, 11) is 0. The lowest BCUT2D eigenvalue weighted by molar-refractivity contribution is 0.673. The van der Waals surface area contributed by atoms with E-state index in [1.165, 1.54) is 49.3 Å². The van der Waals surface area contributed by atoms with Gasteiger partial charge in [-0.3, -0.25) is 0 Å². The number of fused-ring (bicyclic) bond motifs is 11. The highest BCUT2D eigenvalue weighted by molar-refractivity contribution is 6.20. The Morgan fingerprint density at radius 1 is 0.478 bits per heavy atom. The van der Waals surface area contributed by atoms with Crippen molar-refractivity contribution in [2.45, 2.75) is 12.8 Å². The van der Waals surface area contributed by atoms with Crippen molar-refractivity contribution >= 4 is 88.3 Å². The maximum absolute atomic E-state index is 6.72. The number of aromatic nitrogens is 1. The molecule has 0 amide bonds. The van der Waals surface area contributed by atoms with E-state index in [-0.39, 0.29) is 0 Å². The first-order valence-electron chi connectivity index (χ1n) is 23.8. The molecule has 11 aromatic carbocycles. The van der Waals surface area contributed by atoms with Crippen LogP contribution in [0.15, 0.2) is 229 Å². The van der Waals surface area contributed by atoms with Gasteiger partial charge in [0.05, 0.1) is 22.6 Å². The average Bonchev–Trinajstić information content (AvgIpc) is 3.98. The van der Waals surface area contributed by atoms with Gasteiger partial charge in [0.1, 0.15) is 11.2 Å². The highest BCUT2D eigenvalue weighted by Crippen LogP contribution is 2.46. The van der Waals surface area contributed by atoms with E-state index in [4.69, 9.17) is 4.42 Å². The fourth-order valence-electron chi connectivity index (χ4n) is 11.1. The molecule has 13 aromatic rings. The van der Waals surface area contributed by atoms with E-state index >= 15 is 0 Å². The molecule has 3 heteroatoms. The molecular formula is C66H42N2O. The molecule has 0 bridgehead atoms. The Bertz CT molecular complexity index is 4190. The van der Waals surface area contributed by atoms with Crippen molar-refractivity contribution in [1.29, 1.82) is 0 Å². The maximum Gasteiger partial charge on any atom is 0.143 e. The van der Waals surface area contributed by atoms with E-state index in [9.17, 15) is 0 Å². The van der Waals surface area contributed by atoms with Gasteiger partial charge in [0.15, 0.2) is 0 Å². The minimum absolute atomic E-state index is 0.864. The third kappa shape index (κ3) is 6.31. The van der Waals surface area contributed by atoms with Gasteiger partial charge in [-0.2, -0.15) is 0 Å². The Morgan fingerprint density at radius 3 is 2.03 bits per heavy atom. The normalized spacial score (nSPS) is 12.3. The third-order valence-electron chi connectivity index (χ3n) is 14.3. The van der Waals surface area contributed by atoms with Crippen molar-refractivity contribution in [3.05, 3.63) is 248 Å². The Kier molecular flexibility index (Phi) is 8.94. The van der Waals surface area contributed by atoms with Crippen LogP contribution in [0.2, 0.25) is 0 Å². The molecule has 0 fully saturated rings. The monoisotopic (exact) mass is 878 g/mol. The first-order chi connectivity index (χ1) is 34.2. The highest BCUT2D eigenvalue weighted by Gasteiger charge is 2.23. The zero-order valence-electron chi connectivity index (χ0n) is 37.7. The van der Waals surface area contributed by atoms with Crippen molar-refractivity contribution in [1.82, 2.24) is 4.57 Å². The minimum atomic E-state index is 0.864. The molecule has 0 unspecified atom stereocenters. The fourth-order valence-corrected chi connectivity index (χ4v) is 11.1. The summed E-state index contributed by atoms with van der Waals surface area (Å²) in [5.41, 5.74) is 16.4. The zero-order chi connectivity index (χ0) is 45.4. The molecule has 0 N–H and O–H groups in total. The first kappa shape index (κ1) is 39.1. The first-order valence-corrected chi connectivity index (χ1v) is 23.8. The molecule has 0 saturated heterocycles. The van der Waals surface area contributed by atoms with E-state index in [1.54, 1.807) is 0 Å². The predicted molar refractivity (Wildman–Crippen MR) is 289 cm³/mol. The van der Waals surface area contributed by atoms with Gasteiger partial charge in [0.2, 0.25) is 0 Å². The molecule has 0 radical (unpaired) electrons. The van der Waals surface area contributed by atoms with Crippen LogP contribution in [-0.4, -0.2) is 4.57 Å². The van der Waals surface area contributed by atoms with E-state index in [0.29, 0.717) is 0 Å². The molecule has 322 valence electrons. The van der Waals surface area contributed by atoms with E-state index in [0.717, 1.165) is 96.1 Å². The number of nitrogens with zero attached hydrogens (tertiary/aromatic N) is 2. The zero-order valence-corrected chi connectivity index (χ0v) is 37.7. The van der Waals surface area contributed by atoms with E-state index in [1.807, 2.05) is 0 Å². The number of allylic oxidation sites excluding steroid dienone is 1. The molecule has 3 nitrogen and oxygen atoms in total. The van der Waals surface area contributed by atoms with Gasteiger partial charge in [-0.1, -0.05) is 176 Å². The van der Waals surface area contributed by atoms with Crippen LogP contribution in [0, 0.1) is 12.1 Å². The molecule has 0 saturated carbocycles. The van der Waals surface area contributed by atoms with Crippen molar-refractivity contribution in [3.8, 4) is 39.1 Å². The molecule has 0 atom stereocenters. The van der Waals surface area contributed by atoms with Crippen LogP contribution in [0.3, 0.4) is 0 Å². The summed E-state index contributed by atoms with van der Waals surface area (Å²) in [5, 5.41) is 10.8. The summed E-state index contributed by atoms with van der Waals surface area (Å²) in [6, 6.07) is 86.2. The maximum atomic E-state index is 6.72. The SMILES string of the molecule is c1c(-c2ccccc2-n2c3c(c4ccccc42)C=CCC3)ccc(N(c2ccc(-c3ccc4c(ccc5ccccc54)c3)cc2)c2ccccc2-c2cccc3oc4c5ccccc5ccc4c23)c#1. The van der Waals surface area contributed by atoms with E-state index in [2.05, 4.69) is 252 Å². The molecule has 14 rings (SSSR count). The molecule has 69 heavy (non-hydrogen) atoms. The lowest BCUT2D eigenvalue weighted by atomic mass is 9.95. The molecule has 0 spiro atoms. The number of anilines is 3. The quantitative estimate of drug-likeness (QED) is 0.149. The summed E-state index contributed by atoms with van der Waals surface area (Å²) < 4.78 is 9.18. The number of hydrogen-bond acceptors (Lipinski definition) is 2. The highest BCUT2D eigenvalue weighted by atomic mass is 16.3. The van der Waals surface area contributed by atoms with E-state index < -0.39 is 0 Å². The van der Waals surface area contributed by atoms with Gasteiger partial charge in [-0.25, -0.2) is 0 Å². The van der Waals surface area contributed by atoms with Crippen LogP contribution < -0.4 is 4.90 Å². The lowest BCUT2D eigenvalue weighted by Crippen LogP contribution is -2.11. The second kappa shape index (κ2) is 15.8. The van der Waals surface area contributed by atoms with Gasteiger partial charge in [0, 0.05) is 55.2 Å².